The second kappa shape index (κ2) is 9.94. The molecule has 0 aromatic heterocycles. The molecule has 0 aliphatic heterocycles. The Morgan fingerprint density at radius 3 is 2.21 bits per heavy atom. The highest BCUT2D eigenvalue weighted by molar-refractivity contribution is 7.99. The highest BCUT2D eigenvalue weighted by atomic mass is 32.2. The first-order valence-corrected chi connectivity index (χ1v) is 10.3. The largest absolute Gasteiger partial charge is 0.376 e. The molecule has 3 aromatic carbocycles. The smallest absolute Gasteiger partial charge is 0.259 e. The van der Waals surface area contributed by atoms with Gasteiger partial charge in [0.05, 0.1) is 12.8 Å². The summed E-state index contributed by atoms with van der Waals surface area (Å²) in [6, 6.07) is 22.6. The maximum absolute atomic E-state index is 11.9. The number of hydrazone groups is 1. The first-order valence-electron chi connectivity index (χ1n) is 9.47. The molecule has 0 bridgehead atoms. The summed E-state index contributed by atoms with van der Waals surface area (Å²) in [5.74, 6) is -0.189. The van der Waals surface area contributed by atoms with Crippen molar-refractivity contribution in [1.29, 1.82) is 0 Å². The molecule has 0 saturated heterocycles. The summed E-state index contributed by atoms with van der Waals surface area (Å²) >= 11 is 1.72. The van der Waals surface area contributed by atoms with Crippen LogP contribution in [0.1, 0.15) is 22.3 Å². The summed E-state index contributed by atoms with van der Waals surface area (Å²) in [6.07, 6.45) is 1.65. The molecule has 4 nitrogen and oxygen atoms in total. The third kappa shape index (κ3) is 6.50. The van der Waals surface area contributed by atoms with Gasteiger partial charge in [0.2, 0.25) is 0 Å². The maximum atomic E-state index is 11.9. The summed E-state index contributed by atoms with van der Waals surface area (Å²) in [7, 11) is 0. The van der Waals surface area contributed by atoms with Crippen LogP contribution < -0.4 is 10.7 Å². The van der Waals surface area contributed by atoms with Gasteiger partial charge in [-0.3, -0.25) is 4.79 Å². The van der Waals surface area contributed by atoms with Crippen molar-refractivity contribution in [3.8, 4) is 0 Å². The average molecular weight is 404 g/mol. The average Bonchev–Trinajstić information content (AvgIpc) is 2.72. The van der Waals surface area contributed by atoms with Crippen LogP contribution >= 0.6 is 11.8 Å². The van der Waals surface area contributed by atoms with E-state index in [1.54, 1.807) is 18.0 Å². The number of amides is 1. The number of hydrogen-bond donors (Lipinski definition) is 2. The quantitative estimate of drug-likeness (QED) is 0.414. The number of nitrogens with zero attached hydrogens (tertiary/aromatic N) is 1. The third-order valence-corrected chi connectivity index (χ3v) is 5.52. The highest BCUT2D eigenvalue weighted by Gasteiger charge is 2.01. The minimum atomic E-state index is -0.189. The lowest BCUT2D eigenvalue weighted by atomic mass is 10.1. The van der Waals surface area contributed by atoms with E-state index in [-0.39, 0.29) is 12.5 Å². The van der Waals surface area contributed by atoms with Crippen molar-refractivity contribution in [2.45, 2.75) is 30.6 Å². The van der Waals surface area contributed by atoms with Crippen LogP contribution in [-0.4, -0.2) is 18.7 Å². The lowest BCUT2D eigenvalue weighted by molar-refractivity contribution is -0.119. The van der Waals surface area contributed by atoms with Crippen molar-refractivity contribution in [3.05, 3.63) is 89.0 Å². The van der Waals surface area contributed by atoms with Crippen molar-refractivity contribution in [2.75, 3.05) is 11.9 Å². The van der Waals surface area contributed by atoms with Crippen LogP contribution in [0.5, 0.6) is 0 Å². The summed E-state index contributed by atoms with van der Waals surface area (Å²) in [6.45, 7) is 6.37. The molecule has 0 fully saturated rings. The van der Waals surface area contributed by atoms with Gasteiger partial charge in [0.15, 0.2) is 0 Å². The van der Waals surface area contributed by atoms with Crippen molar-refractivity contribution >= 4 is 29.6 Å². The number of nitrogens with one attached hydrogen (secondary N) is 2. The highest BCUT2D eigenvalue weighted by Crippen LogP contribution is 2.27. The molecule has 0 spiro atoms. The first kappa shape index (κ1) is 20.7. The molecule has 3 rings (SSSR count). The molecule has 0 radical (unpaired) electrons. The predicted molar refractivity (Wildman–Crippen MR) is 122 cm³/mol. The van der Waals surface area contributed by atoms with Gasteiger partial charge in [0, 0.05) is 15.5 Å². The van der Waals surface area contributed by atoms with Crippen LogP contribution in [0.2, 0.25) is 0 Å². The molecule has 2 N–H and O–H groups in total. The fraction of sp³-hybridized carbons (Fsp3) is 0.167. The van der Waals surface area contributed by atoms with E-state index in [1.807, 2.05) is 30.3 Å². The molecule has 0 atom stereocenters. The van der Waals surface area contributed by atoms with E-state index >= 15 is 0 Å². The van der Waals surface area contributed by atoms with E-state index in [1.165, 1.54) is 21.6 Å². The summed E-state index contributed by atoms with van der Waals surface area (Å²) in [5.41, 5.74) is 8.08. The number of anilines is 1. The monoisotopic (exact) mass is 403 g/mol. The van der Waals surface area contributed by atoms with Gasteiger partial charge in [-0.15, -0.1) is 0 Å². The van der Waals surface area contributed by atoms with Gasteiger partial charge >= 0.3 is 0 Å². The molecule has 0 heterocycles. The molecule has 0 aliphatic carbocycles. The van der Waals surface area contributed by atoms with Crippen molar-refractivity contribution < 1.29 is 4.79 Å². The van der Waals surface area contributed by atoms with Crippen LogP contribution in [-0.2, 0) is 4.79 Å². The van der Waals surface area contributed by atoms with Crippen molar-refractivity contribution in [2.24, 2.45) is 5.10 Å². The number of hydrogen-bond acceptors (Lipinski definition) is 4. The molecule has 1 amide bonds. The minimum Gasteiger partial charge on any atom is -0.376 e. The Kier molecular flexibility index (Phi) is 7.09. The minimum absolute atomic E-state index is 0.173. The topological polar surface area (TPSA) is 53.5 Å². The Morgan fingerprint density at radius 1 is 0.897 bits per heavy atom. The normalized spacial score (nSPS) is 10.9. The lowest BCUT2D eigenvalue weighted by Crippen LogP contribution is -2.25. The molecule has 0 saturated carbocycles. The maximum Gasteiger partial charge on any atom is 0.259 e. The Labute approximate surface area is 176 Å². The predicted octanol–water partition coefficient (Wildman–Crippen LogP) is 5.33. The molecule has 148 valence electrons. The van der Waals surface area contributed by atoms with Crippen LogP contribution in [0.15, 0.2) is 81.6 Å². The molecule has 3 aromatic rings. The second-order valence-corrected chi connectivity index (χ2v) is 8.08. The van der Waals surface area contributed by atoms with E-state index < -0.39 is 0 Å². The number of aryl methyl sites for hydroxylation is 3. The van der Waals surface area contributed by atoms with Gasteiger partial charge in [0.25, 0.3) is 5.91 Å². The number of rotatable bonds is 7. The molecule has 0 aliphatic rings. The van der Waals surface area contributed by atoms with E-state index in [2.05, 4.69) is 73.0 Å². The second-order valence-electron chi connectivity index (χ2n) is 6.93. The van der Waals surface area contributed by atoms with E-state index in [9.17, 15) is 4.79 Å². The zero-order valence-corrected chi connectivity index (χ0v) is 17.7. The Morgan fingerprint density at radius 2 is 1.55 bits per heavy atom. The van der Waals surface area contributed by atoms with E-state index in [4.69, 9.17) is 0 Å². The van der Waals surface area contributed by atoms with Gasteiger partial charge in [-0.05, 0) is 73.9 Å². The Hall–Kier alpha value is -3.05. The van der Waals surface area contributed by atoms with E-state index in [0.29, 0.717) is 0 Å². The van der Waals surface area contributed by atoms with Gasteiger partial charge in [0.1, 0.15) is 0 Å². The number of carbonyl (C=O) groups excluding carboxylic acids is 1. The Bertz CT molecular complexity index is 996. The molecular weight excluding hydrogens is 378 g/mol. The van der Waals surface area contributed by atoms with Crippen molar-refractivity contribution in [1.82, 2.24) is 5.43 Å². The standard InChI is InChI=1S/C24H25N3OS/c1-17-4-10-22(11-5-17)29-23-12-7-20(8-13-23)15-26-27-24(28)16-25-21-9-6-18(2)19(3)14-21/h4-15,25H,16H2,1-3H3,(H,27,28)/b26-15-. The van der Waals surface area contributed by atoms with Gasteiger partial charge in [-0.2, -0.15) is 5.10 Å². The van der Waals surface area contributed by atoms with Crippen LogP contribution in [0.4, 0.5) is 5.69 Å². The fourth-order valence-electron chi connectivity index (χ4n) is 2.62. The van der Waals surface area contributed by atoms with Gasteiger partial charge < -0.3 is 5.32 Å². The molecular formula is C24H25N3OS. The van der Waals surface area contributed by atoms with Gasteiger partial charge in [-0.25, -0.2) is 5.43 Å². The molecule has 5 heteroatoms. The summed E-state index contributed by atoms with van der Waals surface area (Å²) in [5, 5.41) is 7.14. The third-order valence-electron chi connectivity index (χ3n) is 4.50. The Balaban J connectivity index is 1.46. The van der Waals surface area contributed by atoms with Crippen LogP contribution in [0.3, 0.4) is 0 Å². The fourth-order valence-corrected chi connectivity index (χ4v) is 3.43. The first-order chi connectivity index (χ1) is 14.0. The lowest BCUT2D eigenvalue weighted by Gasteiger charge is -2.07. The summed E-state index contributed by atoms with van der Waals surface area (Å²) in [4.78, 5) is 14.3. The van der Waals surface area contributed by atoms with Crippen molar-refractivity contribution in [3.63, 3.8) is 0 Å². The SMILES string of the molecule is Cc1ccc(Sc2ccc(/C=N\NC(=O)CNc3ccc(C)c(C)c3)cc2)cc1. The van der Waals surface area contributed by atoms with Crippen LogP contribution in [0.25, 0.3) is 0 Å². The zero-order valence-electron chi connectivity index (χ0n) is 16.9. The number of benzene rings is 3. The van der Waals surface area contributed by atoms with E-state index in [0.717, 1.165) is 16.1 Å². The van der Waals surface area contributed by atoms with Gasteiger partial charge in [-0.1, -0.05) is 47.7 Å². The zero-order chi connectivity index (χ0) is 20.6. The molecule has 0 unspecified atom stereocenters. The number of carbonyl (C=O) groups is 1. The summed E-state index contributed by atoms with van der Waals surface area (Å²) < 4.78 is 0. The molecule has 29 heavy (non-hydrogen) atoms. The van der Waals surface area contributed by atoms with Crippen LogP contribution in [0, 0.1) is 20.8 Å².